The van der Waals surface area contributed by atoms with Crippen LogP contribution in [-0.4, -0.2) is 29.9 Å². The number of barbiturate groups is 1. The Morgan fingerprint density at radius 1 is 1.09 bits per heavy atom. The van der Waals surface area contributed by atoms with E-state index in [-0.39, 0.29) is 33.5 Å². The first-order valence-electron chi connectivity index (χ1n) is 9.38. The Bertz CT molecular complexity index is 1330. The Hall–Kier alpha value is -4.44. The zero-order chi connectivity index (χ0) is 23.7. The number of anilines is 1. The average molecular weight is 468 g/mol. The fourth-order valence-corrected chi connectivity index (χ4v) is 3.43. The highest BCUT2D eigenvalue weighted by molar-refractivity contribution is 6.39. The van der Waals surface area contributed by atoms with Crippen LogP contribution in [0, 0.1) is 10.1 Å². The van der Waals surface area contributed by atoms with Crippen LogP contribution in [0.5, 0.6) is 5.75 Å². The van der Waals surface area contributed by atoms with Gasteiger partial charge in [0.1, 0.15) is 22.8 Å². The quantitative estimate of drug-likeness (QED) is 0.257. The molecule has 2 aromatic carbocycles. The molecule has 0 radical (unpaired) electrons. The number of nitro groups is 1. The molecule has 1 fully saturated rings. The van der Waals surface area contributed by atoms with E-state index in [1.54, 1.807) is 12.1 Å². The van der Waals surface area contributed by atoms with E-state index in [9.17, 15) is 24.5 Å². The molecule has 1 N–H and O–H groups in total. The minimum Gasteiger partial charge on any atom is -0.497 e. The topological polar surface area (TPSA) is 132 Å². The number of rotatable bonds is 5. The third-order valence-corrected chi connectivity index (χ3v) is 5.09. The van der Waals surface area contributed by atoms with Gasteiger partial charge in [0.05, 0.1) is 22.7 Å². The number of carbonyl (C=O) groups excluding carboxylic acids is 3. The van der Waals surface area contributed by atoms with Gasteiger partial charge in [-0.15, -0.1) is 0 Å². The predicted molar refractivity (Wildman–Crippen MR) is 118 cm³/mol. The lowest BCUT2D eigenvalue weighted by molar-refractivity contribution is -0.384. The van der Waals surface area contributed by atoms with Gasteiger partial charge in [-0.05, 0) is 48.5 Å². The Morgan fingerprint density at radius 3 is 2.45 bits per heavy atom. The smallest absolute Gasteiger partial charge is 0.335 e. The van der Waals surface area contributed by atoms with Crippen molar-refractivity contribution in [2.24, 2.45) is 0 Å². The highest BCUT2D eigenvalue weighted by atomic mass is 35.5. The predicted octanol–water partition coefficient (Wildman–Crippen LogP) is 4.18. The SMILES string of the molecule is COc1ccc(N2C(=O)NC(=O)/C(=C\c3ccc(-c4ccc([N+](=O)[O-])cc4Cl)o3)C2=O)cc1. The van der Waals surface area contributed by atoms with Gasteiger partial charge in [0.25, 0.3) is 17.5 Å². The Labute approximate surface area is 191 Å². The molecule has 11 heteroatoms. The third-order valence-electron chi connectivity index (χ3n) is 4.77. The van der Waals surface area contributed by atoms with Crippen LogP contribution in [0.3, 0.4) is 0 Å². The molecule has 4 rings (SSSR count). The summed E-state index contributed by atoms with van der Waals surface area (Å²) in [5.41, 5.74) is 0.141. The largest absolute Gasteiger partial charge is 0.497 e. The molecule has 33 heavy (non-hydrogen) atoms. The number of halogens is 1. The van der Waals surface area contributed by atoms with Crippen LogP contribution in [0.1, 0.15) is 5.76 Å². The minimum atomic E-state index is -0.884. The number of hydrogen-bond donors (Lipinski definition) is 1. The van der Waals surface area contributed by atoms with E-state index in [1.807, 2.05) is 0 Å². The molecule has 1 saturated heterocycles. The van der Waals surface area contributed by atoms with Gasteiger partial charge in [0, 0.05) is 17.7 Å². The van der Waals surface area contributed by atoms with Crippen molar-refractivity contribution in [2.45, 2.75) is 0 Å². The van der Waals surface area contributed by atoms with Crippen molar-refractivity contribution in [3.05, 3.63) is 81.1 Å². The molecule has 1 aromatic heterocycles. The van der Waals surface area contributed by atoms with Crippen molar-refractivity contribution in [3.8, 4) is 17.1 Å². The summed E-state index contributed by atoms with van der Waals surface area (Å²) in [5, 5.41) is 13.1. The molecule has 1 aliphatic heterocycles. The van der Waals surface area contributed by atoms with Crippen LogP contribution >= 0.6 is 11.6 Å². The van der Waals surface area contributed by atoms with Crippen LogP contribution in [0.4, 0.5) is 16.2 Å². The summed E-state index contributed by atoms with van der Waals surface area (Å²) in [7, 11) is 1.48. The number of benzene rings is 2. The molecule has 166 valence electrons. The van der Waals surface area contributed by atoms with Crippen molar-refractivity contribution < 1.29 is 28.5 Å². The molecule has 3 aromatic rings. The number of furan rings is 1. The number of non-ortho nitro benzene ring substituents is 1. The number of nitro benzene ring substituents is 1. The lowest BCUT2D eigenvalue weighted by Gasteiger charge is -2.26. The normalized spacial score (nSPS) is 15.0. The number of imide groups is 2. The summed E-state index contributed by atoms with van der Waals surface area (Å²) in [6.45, 7) is 0. The number of hydrogen-bond acceptors (Lipinski definition) is 7. The van der Waals surface area contributed by atoms with Gasteiger partial charge in [0.2, 0.25) is 0 Å². The first-order valence-corrected chi connectivity index (χ1v) is 9.76. The van der Waals surface area contributed by atoms with Crippen LogP contribution in [0.15, 0.2) is 64.6 Å². The number of methoxy groups -OCH3 is 1. The molecular formula is C22H14ClN3O7. The van der Waals surface area contributed by atoms with Crippen LogP contribution in [0.25, 0.3) is 17.4 Å². The fraction of sp³-hybridized carbons (Fsp3) is 0.0455. The van der Waals surface area contributed by atoms with E-state index in [0.29, 0.717) is 11.3 Å². The molecule has 10 nitrogen and oxygen atoms in total. The van der Waals surface area contributed by atoms with Crippen LogP contribution < -0.4 is 15.0 Å². The van der Waals surface area contributed by atoms with E-state index in [1.165, 1.54) is 55.7 Å². The highest BCUT2D eigenvalue weighted by Crippen LogP contribution is 2.33. The second kappa shape index (κ2) is 8.60. The van der Waals surface area contributed by atoms with E-state index in [4.69, 9.17) is 20.8 Å². The van der Waals surface area contributed by atoms with Crippen molar-refractivity contribution in [1.29, 1.82) is 0 Å². The van der Waals surface area contributed by atoms with Crippen molar-refractivity contribution in [2.75, 3.05) is 12.0 Å². The van der Waals surface area contributed by atoms with E-state index in [2.05, 4.69) is 5.32 Å². The van der Waals surface area contributed by atoms with Gasteiger partial charge in [0.15, 0.2) is 0 Å². The highest BCUT2D eigenvalue weighted by Gasteiger charge is 2.37. The molecule has 0 atom stereocenters. The maximum absolute atomic E-state index is 13.0. The lowest BCUT2D eigenvalue weighted by atomic mass is 10.1. The number of urea groups is 1. The fourth-order valence-electron chi connectivity index (χ4n) is 3.16. The van der Waals surface area contributed by atoms with Crippen molar-refractivity contribution in [3.63, 3.8) is 0 Å². The Balaban J connectivity index is 1.65. The Morgan fingerprint density at radius 2 is 1.82 bits per heavy atom. The average Bonchev–Trinajstić information content (AvgIpc) is 3.25. The zero-order valence-corrected chi connectivity index (χ0v) is 17.7. The second-order valence-electron chi connectivity index (χ2n) is 6.78. The minimum absolute atomic E-state index is 0.0977. The lowest BCUT2D eigenvalue weighted by Crippen LogP contribution is -2.54. The molecule has 1 aliphatic rings. The molecule has 0 aliphatic carbocycles. The summed E-state index contributed by atoms with van der Waals surface area (Å²) in [6, 6.07) is 12.2. The van der Waals surface area contributed by atoms with Gasteiger partial charge in [-0.1, -0.05) is 11.6 Å². The molecule has 2 heterocycles. The summed E-state index contributed by atoms with van der Waals surface area (Å²) < 4.78 is 10.7. The molecule has 0 saturated carbocycles. The second-order valence-corrected chi connectivity index (χ2v) is 7.19. The summed E-state index contributed by atoms with van der Waals surface area (Å²) >= 11 is 6.13. The maximum Gasteiger partial charge on any atom is 0.335 e. The van der Waals surface area contributed by atoms with Crippen LogP contribution in [0.2, 0.25) is 5.02 Å². The number of carbonyl (C=O) groups is 3. The van der Waals surface area contributed by atoms with Gasteiger partial charge >= 0.3 is 6.03 Å². The van der Waals surface area contributed by atoms with E-state index in [0.717, 1.165) is 4.90 Å². The number of nitrogens with one attached hydrogen (secondary N) is 1. The molecular weight excluding hydrogens is 454 g/mol. The monoisotopic (exact) mass is 467 g/mol. The standard InChI is InChI=1S/C22H14ClN3O7/c1-32-14-5-2-12(3-6-14)25-21(28)17(20(27)24-22(25)29)11-15-7-9-19(33-15)16-8-4-13(26(30)31)10-18(16)23/h2-11H,1H3,(H,24,27,29)/b17-11+. The number of ether oxygens (including phenoxy) is 1. The van der Waals surface area contributed by atoms with Crippen molar-refractivity contribution >= 4 is 46.9 Å². The Kier molecular flexibility index (Phi) is 5.67. The first-order chi connectivity index (χ1) is 15.8. The van der Waals surface area contributed by atoms with Crippen molar-refractivity contribution in [1.82, 2.24) is 5.32 Å². The molecule has 4 amide bonds. The van der Waals surface area contributed by atoms with Gasteiger partial charge in [-0.25, -0.2) is 9.69 Å². The van der Waals surface area contributed by atoms with Gasteiger partial charge in [-0.3, -0.25) is 25.0 Å². The number of amides is 4. The summed E-state index contributed by atoms with van der Waals surface area (Å²) in [4.78, 5) is 48.7. The van der Waals surface area contributed by atoms with Gasteiger partial charge in [-0.2, -0.15) is 0 Å². The van der Waals surface area contributed by atoms with E-state index < -0.39 is 22.8 Å². The van der Waals surface area contributed by atoms with Crippen LogP contribution in [-0.2, 0) is 9.59 Å². The molecule has 0 spiro atoms. The maximum atomic E-state index is 13.0. The molecule has 0 bridgehead atoms. The number of nitrogens with zero attached hydrogens (tertiary/aromatic N) is 2. The summed E-state index contributed by atoms with van der Waals surface area (Å²) in [6.07, 6.45) is 1.20. The van der Waals surface area contributed by atoms with Gasteiger partial charge < -0.3 is 9.15 Å². The first kappa shape index (κ1) is 21.8. The molecule has 0 unspecified atom stereocenters. The third kappa shape index (κ3) is 4.19. The summed E-state index contributed by atoms with van der Waals surface area (Å²) in [5.74, 6) is -0.764. The zero-order valence-electron chi connectivity index (χ0n) is 16.9. The van der Waals surface area contributed by atoms with E-state index >= 15 is 0 Å².